The summed E-state index contributed by atoms with van der Waals surface area (Å²) in [5, 5.41) is 14.3. The van der Waals surface area contributed by atoms with Crippen LogP contribution in [0.5, 0.6) is 0 Å². The molecule has 3 heterocycles. The lowest BCUT2D eigenvalue weighted by molar-refractivity contribution is 1.07. The van der Waals surface area contributed by atoms with Gasteiger partial charge in [0.15, 0.2) is 17.5 Å². The molecule has 5 heteroatoms. The molecule has 14 aromatic rings. The zero-order chi connectivity index (χ0) is 43.3. The van der Waals surface area contributed by atoms with Gasteiger partial charge in [-0.2, -0.15) is 0 Å². The first-order valence-electron chi connectivity index (χ1n) is 22.4. The van der Waals surface area contributed by atoms with Crippen LogP contribution in [0.4, 0.5) is 0 Å². The van der Waals surface area contributed by atoms with E-state index in [9.17, 15) is 0 Å². The first kappa shape index (κ1) is 36.5. The van der Waals surface area contributed by atoms with E-state index >= 15 is 0 Å². The average molecular weight is 840 g/mol. The maximum Gasteiger partial charge on any atom is 0.164 e. The third-order valence-corrected chi connectivity index (χ3v) is 13.5. The molecule has 14 rings (SSSR count). The van der Waals surface area contributed by atoms with Gasteiger partial charge in [-0.3, -0.25) is 0 Å². The summed E-state index contributed by atoms with van der Waals surface area (Å²) in [7, 11) is 0. The fourth-order valence-corrected chi connectivity index (χ4v) is 10.5. The second kappa shape index (κ2) is 14.3. The summed E-state index contributed by atoms with van der Waals surface area (Å²) >= 11 is 0. The highest BCUT2D eigenvalue weighted by molar-refractivity contribution is 6.19. The smallest absolute Gasteiger partial charge is 0.164 e. The maximum atomic E-state index is 5.34. The molecule has 5 nitrogen and oxygen atoms in total. The van der Waals surface area contributed by atoms with Crippen LogP contribution in [0.2, 0.25) is 0 Å². The summed E-state index contributed by atoms with van der Waals surface area (Å²) in [5.74, 6) is 1.88. The number of hydrogen-bond acceptors (Lipinski definition) is 3. The third-order valence-electron chi connectivity index (χ3n) is 13.5. The van der Waals surface area contributed by atoms with Crippen molar-refractivity contribution in [2.24, 2.45) is 0 Å². The Morgan fingerprint density at radius 2 is 0.833 bits per heavy atom. The van der Waals surface area contributed by atoms with E-state index in [0.29, 0.717) is 17.5 Å². The zero-order valence-electron chi connectivity index (χ0n) is 35.6. The van der Waals surface area contributed by atoms with Crippen LogP contribution in [0.3, 0.4) is 0 Å². The highest BCUT2D eigenvalue weighted by Gasteiger charge is 2.21. The van der Waals surface area contributed by atoms with Crippen molar-refractivity contribution in [1.29, 1.82) is 0 Å². The summed E-state index contributed by atoms with van der Waals surface area (Å²) in [4.78, 5) is 15.8. The minimum absolute atomic E-state index is 0.613. The molecule has 0 radical (unpaired) electrons. The Morgan fingerprint density at radius 3 is 1.67 bits per heavy atom. The van der Waals surface area contributed by atoms with E-state index in [0.717, 1.165) is 49.9 Å². The highest BCUT2D eigenvalue weighted by atomic mass is 15.0. The van der Waals surface area contributed by atoms with Crippen molar-refractivity contribution in [1.82, 2.24) is 24.1 Å². The molecule has 0 fully saturated rings. The van der Waals surface area contributed by atoms with Gasteiger partial charge in [-0.05, 0) is 86.2 Å². The van der Waals surface area contributed by atoms with Crippen LogP contribution in [0.15, 0.2) is 224 Å². The van der Waals surface area contributed by atoms with Gasteiger partial charge >= 0.3 is 0 Å². The van der Waals surface area contributed by atoms with Gasteiger partial charge in [-0.1, -0.05) is 176 Å². The van der Waals surface area contributed by atoms with Crippen LogP contribution < -0.4 is 0 Å². The quantitative estimate of drug-likeness (QED) is 0.162. The summed E-state index contributed by atoms with van der Waals surface area (Å²) in [6, 6.07) is 80.6. The summed E-state index contributed by atoms with van der Waals surface area (Å²) in [6.45, 7) is 0. The number of fused-ring (bicyclic) bond motifs is 12. The Bertz CT molecular complexity index is 4290. The minimum Gasteiger partial charge on any atom is -0.309 e. The van der Waals surface area contributed by atoms with Crippen LogP contribution in [0, 0.1) is 0 Å². The first-order chi connectivity index (χ1) is 32.7. The van der Waals surface area contributed by atoms with Gasteiger partial charge in [-0.15, -0.1) is 0 Å². The van der Waals surface area contributed by atoms with E-state index in [1.807, 2.05) is 18.2 Å². The Balaban J connectivity index is 1.02. The SMILES string of the molecule is c1ccc(-c2nc(-c3cccc(-n4c5cc(-n6c7ccccc7c7ccc8ccccc8c76)ccc5c5cc6ccccc6cc54)c3)nc(-c3cc4ccccc4c4ccccc34)n2)cc1. The van der Waals surface area contributed by atoms with Crippen molar-refractivity contribution in [3.8, 4) is 45.5 Å². The Morgan fingerprint density at radius 1 is 0.258 bits per heavy atom. The molecule has 0 aliphatic carbocycles. The molecule has 3 aromatic heterocycles. The van der Waals surface area contributed by atoms with Gasteiger partial charge in [0.05, 0.1) is 22.1 Å². The van der Waals surface area contributed by atoms with Crippen molar-refractivity contribution in [2.45, 2.75) is 0 Å². The molecule has 0 aliphatic heterocycles. The number of hydrogen-bond donors (Lipinski definition) is 0. The van der Waals surface area contributed by atoms with Gasteiger partial charge < -0.3 is 9.13 Å². The Labute approximate surface area is 379 Å². The summed E-state index contributed by atoms with van der Waals surface area (Å²) in [5.41, 5.74) is 9.57. The monoisotopic (exact) mass is 839 g/mol. The fraction of sp³-hybridized carbons (Fsp3) is 0. The maximum absolute atomic E-state index is 5.34. The van der Waals surface area contributed by atoms with E-state index in [1.165, 1.54) is 64.9 Å². The molecule has 0 atom stereocenters. The summed E-state index contributed by atoms with van der Waals surface area (Å²) in [6.07, 6.45) is 0. The molecule has 0 spiro atoms. The van der Waals surface area contributed by atoms with Crippen LogP contribution in [-0.2, 0) is 0 Å². The van der Waals surface area contributed by atoms with Gasteiger partial charge in [0.1, 0.15) is 0 Å². The van der Waals surface area contributed by atoms with Crippen molar-refractivity contribution >= 4 is 86.7 Å². The molecular weight excluding hydrogens is 803 g/mol. The average Bonchev–Trinajstić information content (AvgIpc) is 3.90. The minimum atomic E-state index is 0.613. The predicted octanol–water partition coefficient (Wildman–Crippen LogP) is 15.7. The number of para-hydroxylation sites is 1. The zero-order valence-corrected chi connectivity index (χ0v) is 35.6. The van der Waals surface area contributed by atoms with E-state index in [1.54, 1.807) is 0 Å². The van der Waals surface area contributed by atoms with Gasteiger partial charge in [-0.25, -0.2) is 15.0 Å². The normalized spacial score (nSPS) is 11.9. The van der Waals surface area contributed by atoms with Crippen LogP contribution in [-0.4, -0.2) is 24.1 Å². The van der Waals surface area contributed by atoms with Gasteiger partial charge in [0.25, 0.3) is 0 Å². The van der Waals surface area contributed by atoms with Crippen LogP contribution in [0.25, 0.3) is 132 Å². The standard InChI is InChI=1S/C61H37N5/c1-2-16-39(17-3-1)59-62-60(64-61(63-59)54-35-42-20-7-8-23-46(42)48-25-10-11-26-49(48)54)43-21-14-22-44(33-43)65-56-36-41-19-5-4-18-40(41)34-53(56)51-32-30-45(37-57(51)65)66-55-28-13-12-27-50(55)52-31-29-38-15-6-9-24-47(38)58(52)66/h1-37H. The molecule has 0 saturated carbocycles. The number of nitrogens with zero attached hydrogens (tertiary/aromatic N) is 5. The fourth-order valence-electron chi connectivity index (χ4n) is 10.5. The molecule has 0 aliphatic rings. The van der Waals surface area contributed by atoms with Crippen LogP contribution >= 0.6 is 0 Å². The van der Waals surface area contributed by atoms with Gasteiger partial charge in [0, 0.05) is 55.0 Å². The molecule has 0 amide bonds. The molecule has 66 heavy (non-hydrogen) atoms. The molecule has 306 valence electrons. The van der Waals surface area contributed by atoms with Crippen molar-refractivity contribution in [3.05, 3.63) is 224 Å². The lowest BCUT2D eigenvalue weighted by Gasteiger charge is -2.14. The Hall–Kier alpha value is -8.93. The molecule has 0 bridgehead atoms. The third kappa shape index (κ3) is 5.57. The predicted molar refractivity (Wildman–Crippen MR) is 275 cm³/mol. The second-order valence-corrected chi connectivity index (χ2v) is 17.2. The molecule has 0 unspecified atom stereocenters. The van der Waals surface area contributed by atoms with E-state index in [2.05, 4.69) is 215 Å². The van der Waals surface area contributed by atoms with Crippen molar-refractivity contribution in [3.63, 3.8) is 0 Å². The molecule has 0 saturated heterocycles. The Kier molecular flexibility index (Phi) is 7.91. The molecule has 0 N–H and O–H groups in total. The molecular formula is C61H37N5. The highest BCUT2D eigenvalue weighted by Crippen LogP contribution is 2.41. The van der Waals surface area contributed by atoms with Crippen molar-refractivity contribution < 1.29 is 0 Å². The lowest BCUT2D eigenvalue weighted by atomic mass is 9.97. The largest absolute Gasteiger partial charge is 0.309 e. The second-order valence-electron chi connectivity index (χ2n) is 17.2. The first-order valence-corrected chi connectivity index (χ1v) is 22.4. The van der Waals surface area contributed by atoms with E-state index in [4.69, 9.17) is 15.0 Å². The van der Waals surface area contributed by atoms with E-state index in [-0.39, 0.29) is 0 Å². The van der Waals surface area contributed by atoms with Crippen LogP contribution in [0.1, 0.15) is 0 Å². The number of aromatic nitrogens is 5. The number of rotatable bonds is 5. The topological polar surface area (TPSA) is 48.5 Å². The van der Waals surface area contributed by atoms with E-state index < -0.39 is 0 Å². The van der Waals surface area contributed by atoms with Gasteiger partial charge in [0.2, 0.25) is 0 Å². The lowest BCUT2D eigenvalue weighted by Crippen LogP contribution is -2.02. The summed E-state index contributed by atoms with van der Waals surface area (Å²) < 4.78 is 4.88. The molecule has 11 aromatic carbocycles. The number of benzene rings is 11. The van der Waals surface area contributed by atoms with Crippen molar-refractivity contribution in [2.75, 3.05) is 0 Å².